The highest BCUT2D eigenvalue weighted by Gasteiger charge is 2.27. The molecule has 1 aliphatic rings. The fourth-order valence-electron chi connectivity index (χ4n) is 4.78. The first kappa shape index (κ1) is 31.2. The Bertz CT molecular complexity index is 1720. The van der Waals surface area contributed by atoms with Gasteiger partial charge in [-0.05, 0) is 92.9 Å². The fraction of sp³-hybridized carbons (Fsp3) is 0.290. The molecule has 230 valence electrons. The minimum atomic E-state index is -3.56. The summed E-state index contributed by atoms with van der Waals surface area (Å²) in [7, 11) is -3.56. The summed E-state index contributed by atoms with van der Waals surface area (Å²) in [4.78, 5) is 25.9. The summed E-state index contributed by atoms with van der Waals surface area (Å²) in [5, 5.41) is 14.9. The maximum absolute atomic E-state index is 13.0. The first-order valence-electron chi connectivity index (χ1n) is 14.3. The number of hydrogen-bond acceptors (Lipinski definition) is 8. The number of carbonyl (C=O) groups is 2. The largest absolute Gasteiger partial charge is 0.494 e. The Morgan fingerprint density at radius 3 is 2.39 bits per heavy atom. The molecule has 0 radical (unpaired) electrons. The van der Waals surface area contributed by atoms with Gasteiger partial charge in [0.2, 0.25) is 15.9 Å². The van der Waals surface area contributed by atoms with Gasteiger partial charge in [0.25, 0.3) is 5.91 Å². The Morgan fingerprint density at radius 1 is 0.977 bits per heavy atom. The number of aryl methyl sites for hydroxylation is 1. The Balaban J connectivity index is 1.26. The number of aromatic nitrogens is 3. The highest BCUT2D eigenvalue weighted by molar-refractivity contribution is 7.99. The molecule has 0 bridgehead atoms. The highest BCUT2D eigenvalue weighted by Crippen LogP contribution is 2.24. The number of benzene rings is 3. The average Bonchev–Trinajstić information content (AvgIpc) is 3.71. The Labute approximate surface area is 261 Å². The SMILES string of the molecule is CCOc1ccc(NC(=O)CSc2nnc(CNC(=O)c3ccc(S(=O)(=O)N4CCCC4)cc3)n2-c2cccc(C)c2)cc1. The molecule has 1 fully saturated rings. The third kappa shape index (κ3) is 7.47. The minimum Gasteiger partial charge on any atom is -0.494 e. The maximum Gasteiger partial charge on any atom is 0.251 e. The standard InChI is InChI=1S/C31H34N6O5S2/c1-3-42-26-13-11-24(12-14-26)33-29(38)21-43-31-35-34-28(37(31)25-8-6-7-22(2)19-25)20-32-30(39)23-9-15-27(16-10-23)44(40,41)36-17-4-5-18-36/h6-16,19H,3-5,17-18,20-21H2,1-2H3,(H,32,39)(H,33,38). The number of carbonyl (C=O) groups excluding carboxylic acids is 2. The van der Waals surface area contributed by atoms with Crippen LogP contribution < -0.4 is 15.4 Å². The van der Waals surface area contributed by atoms with Crippen LogP contribution in [0.1, 0.15) is 41.5 Å². The zero-order chi connectivity index (χ0) is 31.1. The van der Waals surface area contributed by atoms with E-state index in [2.05, 4.69) is 20.8 Å². The van der Waals surface area contributed by atoms with E-state index in [1.807, 2.05) is 42.7 Å². The van der Waals surface area contributed by atoms with E-state index in [-0.39, 0.29) is 29.0 Å². The maximum atomic E-state index is 13.0. The minimum absolute atomic E-state index is 0.0620. The number of thioether (sulfide) groups is 1. The summed E-state index contributed by atoms with van der Waals surface area (Å²) in [6.07, 6.45) is 1.70. The predicted octanol–water partition coefficient (Wildman–Crippen LogP) is 4.42. The zero-order valence-corrected chi connectivity index (χ0v) is 26.2. The molecular weight excluding hydrogens is 601 g/mol. The lowest BCUT2D eigenvalue weighted by Crippen LogP contribution is -2.28. The van der Waals surface area contributed by atoms with Crippen molar-refractivity contribution in [3.05, 3.63) is 89.7 Å². The van der Waals surface area contributed by atoms with Crippen LogP contribution in [0.2, 0.25) is 0 Å². The van der Waals surface area contributed by atoms with Crippen LogP contribution >= 0.6 is 11.8 Å². The molecule has 0 aliphatic carbocycles. The zero-order valence-electron chi connectivity index (χ0n) is 24.5. The summed E-state index contributed by atoms with van der Waals surface area (Å²) >= 11 is 1.23. The molecule has 2 heterocycles. The van der Waals surface area contributed by atoms with Crippen molar-refractivity contribution in [2.75, 3.05) is 30.8 Å². The van der Waals surface area contributed by atoms with Gasteiger partial charge in [-0.1, -0.05) is 23.9 Å². The first-order valence-corrected chi connectivity index (χ1v) is 16.7. The summed E-state index contributed by atoms with van der Waals surface area (Å²) in [6, 6.07) is 20.9. The summed E-state index contributed by atoms with van der Waals surface area (Å²) < 4.78 is 34.4. The highest BCUT2D eigenvalue weighted by atomic mass is 32.2. The number of hydrogen-bond donors (Lipinski definition) is 2. The van der Waals surface area contributed by atoms with Crippen LogP contribution in [-0.2, 0) is 21.4 Å². The van der Waals surface area contributed by atoms with Crippen molar-refractivity contribution in [3.63, 3.8) is 0 Å². The van der Waals surface area contributed by atoms with E-state index in [1.54, 1.807) is 24.3 Å². The molecule has 3 aromatic carbocycles. The molecule has 1 saturated heterocycles. The molecule has 2 amide bonds. The van der Waals surface area contributed by atoms with Gasteiger partial charge in [0.1, 0.15) is 5.75 Å². The number of nitrogens with zero attached hydrogens (tertiary/aromatic N) is 4. The van der Waals surface area contributed by atoms with E-state index in [4.69, 9.17) is 4.74 Å². The van der Waals surface area contributed by atoms with Crippen LogP contribution in [0, 0.1) is 6.92 Å². The van der Waals surface area contributed by atoms with Crippen LogP contribution in [0.25, 0.3) is 5.69 Å². The number of amides is 2. The van der Waals surface area contributed by atoms with Gasteiger partial charge in [-0.2, -0.15) is 4.31 Å². The molecule has 11 nitrogen and oxygen atoms in total. The van der Waals surface area contributed by atoms with Crippen LogP contribution in [0.5, 0.6) is 5.75 Å². The van der Waals surface area contributed by atoms with Crippen LogP contribution in [0.15, 0.2) is 82.8 Å². The predicted molar refractivity (Wildman–Crippen MR) is 169 cm³/mol. The molecule has 44 heavy (non-hydrogen) atoms. The number of ether oxygens (including phenoxy) is 1. The Kier molecular flexibility index (Phi) is 9.98. The van der Waals surface area contributed by atoms with Crippen LogP contribution in [-0.4, -0.2) is 64.8 Å². The first-order chi connectivity index (χ1) is 21.2. The van der Waals surface area contributed by atoms with Gasteiger partial charge in [0.05, 0.1) is 23.8 Å². The second kappa shape index (κ2) is 14.1. The third-order valence-corrected chi connectivity index (χ3v) is 9.81. The molecular formula is C31H34N6O5S2. The van der Waals surface area contributed by atoms with E-state index in [1.165, 1.54) is 40.3 Å². The molecule has 0 atom stereocenters. The number of sulfonamides is 1. The van der Waals surface area contributed by atoms with Crippen molar-refractivity contribution in [2.45, 2.75) is 43.3 Å². The quantitative estimate of drug-likeness (QED) is 0.219. The topological polar surface area (TPSA) is 136 Å². The Morgan fingerprint density at radius 2 is 1.70 bits per heavy atom. The molecule has 13 heteroatoms. The van der Waals surface area contributed by atoms with E-state index in [0.717, 1.165) is 29.8 Å². The third-order valence-electron chi connectivity index (χ3n) is 6.97. The van der Waals surface area contributed by atoms with Crippen molar-refractivity contribution < 1.29 is 22.7 Å². The molecule has 5 rings (SSSR count). The van der Waals surface area contributed by atoms with Crippen molar-refractivity contribution in [1.82, 2.24) is 24.4 Å². The van der Waals surface area contributed by atoms with Crippen molar-refractivity contribution in [2.24, 2.45) is 0 Å². The monoisotopic (exact) mass is 634 g/mol. The molecule has 1 aliphatic heterocycles. The lowest BCUT2D eigenvalue weighted by Gasteiger charge is -2.15. The Hall–Kier alpha value is -4.20. The van der Waals surface area contributed by atoms with E-state index < -0.39 is 10.0 Å². The van der Waals surface area contributed by atoms with Crippen LogP contribution in [0.3, 0.4) is 0 Å². The van der Waals surface area contributed by atoms with Crippen molar-refractivity contribution >= 4 is 39.3 Å². The summed E-state index contributed by atoms with van der Waals surface area (Å²) in [5.41, 5.74) is 2.81. The smallest absolute Gasteiger partial charge is 0.251 e. The number of anilines is 1. The summed E-state index contributed by atoms with van der Waals surface area (Å²) in [5.74, 6) is 0.719. The van der Waals surface area contributed by atoms with Gasteiger partial charge < -0.3 is 15.4 Å². The van der Waals surface area contributed by atoms with Gasteiger partial charge in [-0.15, -0.1) is 10.2 Å². The molecule has 4 aromatic rings. The normalized spacial score (nSPS) is 13.5. The van der Waals surface area contributed by atoms with Crippen molar-refractivity contribution in [3.8, 4) is 11.4 Å². The molecule has 0 spiro atoms. The molecule has 2 N–H and O–H groups in total. The number of rotatable bonds is 12. The van der Waals surface area contributed by atoms with Gasteiger partial charge >= 0.3 is 0 Å². The van der Waals surface area contributed by atoms with E-state index in [0.29, 0.717) is 41.9 Å². The second-order valence-electron chi connectivity index (χ2n) is 10.2. The lowest BCUT2D eigenvalue weighted by molar-refractivity contribution is -0.113. The van der Waals surface area contributed by atoms with E-state index >= 15 is 0 Å². The van der Waals surface area contributed by atoms with Crippen LogP contribution in [0.4, 0.5) is 5.69 Å². The second-order valence-corrected chi connectivity index (χ2v) is 13.1. The molecule has 0 saturated carbocycles. The fourth-order valence-corrected chi connectivity index (χ4v) is 7.07. The lowest BCUT2D eigenvalue weighted by atomic mass is 10.2. The van der Waals surface area contributed by atoms with Gasteiger partial charge in [-0.25, -0.2) is 8.42 Å². The van der Waals surface area contributed by atoms with Crippen molar-refractivity contribution in [1.29, 1.82) is 0 Å². The van der Waals surface area contributed by atoms with E-state index in [9.17, 15) is 18.0 Å². The van der Waals surface area contributed by atoms with Gasteiger partial charge in [0.15, 0.2) is 11.0 Å². The van der Waals surface area contributed by atoms with Gasteiger partial charge in [0, 0.05) is 30.0 Å². The number of nitrogens with one attached hydrogen (secondary N) is 2. The average molecular weight is 635 g/mol. The van der Waals surface area contributed by atoms with Gasteiger partial charge in [-0.3, -0.25) is 14.2 Å². The molecule has 0 unspecified atom stereocenters. The summed E-state index contributed by atoms with van der Waals surface area (Å²) in [6.45, 7) is 5.53. The molecule has 1 aromatic heterocycles.